The molecule has 1 heterocycles. The molecule has 5 heteroatoms. The van der Waals surface area contributed by atoms with Crippen LogP contribution in [0.1, 0.15) is 42.5 Å². The van der Waals surface area contributed by atoms with Gasteiger partial charge < -0.3 is 4.74 Å². The van der Waals surface area contributed by atoms with Gasteiger partial charge in [0.1, 0.15) is 5.15 Å². The summed E-state index contributed by atoms with van der Waals surface area (Å²) in [6, 6.07) is 1.64. The summed E-state index contributed by atoms with van der Waals surface area (Å²) in [5, 5.41) is 0.187. The van der Waals surface area contributed by atoms with E-state index >= 15 is 0 Å². The van der Waals surface area contributed by atoms with Crippen LogP contribution in [0.25, 0.3) is 0 Å². The van der Waals surface area contributed by atoms with Gasteiger partial charge in [0.05, 0.1) is 12.2 Å². The highest BCUT2D eigenvalue weighted by Crippen LogP contribution is 2.25. The third kappa shape index (κ3) is 3.69. The van der Waals surface area contributed by atoms with Crippen molar-refractivity contribution in [3.63, 3.8) is 0 Å². The molecule has 0 aromatic carbocycles. The van der Waals surface area contributed by atoms with E-state index in [1.54, 1.807) is 12.3 Å². The van der Waals surface area contributed by atoms with E-state index in [0.29, 0.717) is 18.1 Å². The molecule has 1 aliphatic rings. The molecule has 18 heavy (non-hydrogen) atoms. The van der Waals surface area contributed by atoms with Crippen molar-refractivity contribution in [3.8, 4) is 0 Å². The monoisotopic (exact) mass is 331 g/mol. The van der Waals surface area contributed by atoms with Crippen LogP contribution in [-0.4, -0.2) is 17.6 Å². The van der Waals surface area contributed by atoms with Gasteiger partial charge in [0, 0.05) is 10.7 Å². The Hall–Kier alpha value is -0.610. The van der Waals surface area contributed by atoms with E-state index < -0.39 is 0 Å². The van der Waals surface area contributed by atoms with E-state index in [2.05, 4.69) is 20.9 Å². The predicted octanol–water partition coefficient (Wildman–Crippen LogP) is 4.23. The zero-order chi connectivity index (χ0) is 13.0. The molecule has 1 fully saturated rings. The molecular weight excluding hydrogens is 318 g/mol. The highest BCUT2D eigenvalue weighted by molar-refractivity contribution is 9.10. The maximum absolute atomic E-state index is 11.9. The maximum atomic E-state index is 11.9. The van der Waals surface area contributed by atoms with Crippen molar-refractivity contribution >= 4 is 33.5 Å². The molecule has 0 amide bonds. The Morgan fingerprint density at radius 2 is 2.17 bits per heavy atom. The summed E-state index contributed by atoms with van der Waals surface area (Å²) in [4.78, 5) is 15.8. The molecule has 2 rings (SSSR count). The van der Waals surface area contributed by atoms with Crippen LogP contribution < -0.4 is 0 Å². The lowest BCUT2D eigenvalue weighted by Crippen LogP contribution is -2.17. The van der Waals surface area contributed by atoms with E-state index in [0.717, 1.165) is 17.3 Å². The van der Waals surface area contributed by atoms with Crippen LogP contribution in [0, 0.1) is 5.92 Å². The van der Waals surface area contributed by atoms with Gasteiger partial charge in [-0.1, -0.05) is 30.9 Å². The first-order valence-corrected chi connectivity index (χ1v) is 7.32. The second-order valence-electron chi connectivity index (χ2n) is 4.59. The minimum absolute atomic E-state index is 0.187. The van der Waals surface area contributed by atoms with Crippen molar-refractivity contribution in [3.05, 3.63) is 27.5 Å². The molecule has 0 atom stereocenters. The fraction of sp³-hybridized carbons (Fsp3) is 0.538. The SMILES string of the molecule is O=C(OCC1CCCCC1)c1cc(Br)cnc1Cl. The average Bonchev–Trinajstić information content (AvgIpc) is 2.40. The number of carbonyl (C=O) groups is 1. The average molecular weight is 333 g/mol. The zero-order valence-corrected chi connectivity index (χ0v) is 12.3. The molecule has 0 radical (unpaired) electrons. The van der Waals surface area contributed by atoms with E-state index in [9.17, 15) is 4.79 Å². The van der Waals surface area contributed by atoms with Crippen molar-refractivity contribution < 1.29 is 9.53 Å². The summed E-state index contributed by atoms with van der Waals surface area (Å²) in [6.45, 7) is 0.488. The minimum Gasteiger partial charge on any atom is -0.462 e. The number of carbonyl (C=O) groups excluding carboxylic acids is 1. The number of nitrogens with zero attached hydrogens (tertiary/aromatic N) is 1. The topological polar surface area (TPSA) is 39.2 Å². The molecule has 0 saturated heterocycles. The lowest BCUT2D eigenvalue weighted by Gasteiger charge is -2.21. The maximum Gasteiger partial charge on any atom is 0.341 e. The molecule has 0 N–H and O–H groups in total. The standard InChI is InChI=1S/C13H15BrClNO2/c14-10-6-11(12(15)16-7-10)13(17)18-8-9-4-2-1-3-5-9/h6-7,9H,1-5,8H2. The quantitative estimate of drug-likeness (QED) is 0.614. The summed E-state index contributed by atoms with van der Waals surface area (Å²) < 4.78 is 6.04. The second kappa shape index (κ2) is 6.53. The molecule has 3 nitrogen and oxygen atoms in total. The van der Waals surface area contributed by atoms with Gasteiger partial charge in [0.25, 0.3) is 0 Å². The van der Waals surface area contributed by atoms with Gasteiger partial charge in [-0.05, 0) is 40.8 Å². The molecule has 0 bridgehead atoms. The number of halogens is 2. The summed E-state index contributed by atoms with van der Waals surface area (Å²) in [7, 11) is 0. The molecule has 98 valence electrons. The van der Waals surface area contributed by atoms with Gasteiger partial charge in [-0.15, -0.1) is 0 Å². The molecule has 0 unspecified atom stereocenters. The van der Waals surface area contributed by atoms with Gasteiger partial charge in [0.2, 0.25) is 0 Å². The second-order valence-corrected chi connectivity index (χ2v) is 5.87. The smallest absolute Gasteiger partial charge is 0.341 e. The van der Waals surface area contributed by atoms with Gasteiger partial charge in [0.15, 0.2) is 0 Å². The molecule has 0 spiro atoms. The number of hydrogen-bond acceptors (Lipinski definition) is 3. The molecule has 1 saturated carbocycles. The zero-order valence-electron chi connectivity index (χ0n) is 9.99. The van der Waals surface area contributed by atoms with Crippen LogP contribution in [0.5, 0.6) is 0 Å². The van der Waals surface area contributed by atoms with Crippen LogP contribution in [0.2, 0.25) is 5.15 Å². The Morgan fingerprint density at radius 1 is 1.44 bits per heavy atom. The van der Waals surface area contributed by atoms with Crippen LogP contribution in [0.4, 0.5) is 0 Å². The van der Waals surface area contributed by atoms with Gasteiger partial charge in [-0.2, -0.15) is 0 Å². The predicted molar refractivity (Wildman–Crippen MR) is 73.8 cm³/mol. The Kier molecular flexibility index (Phi) is 5.01. The Labute approximate surface area is 120 Å². The largest absolute Gasteiger partial charge is 0.462 e. The van der Waals surface area contributed by atoms with Crippen LogP contribution >= 0.6 is 27.5 Å². The van der Waals surface area contributed by atoms with E-state index in [1.807, 2.05) is 0 Å². The Morgan fingerprint density at radius 3 is 2.89 bits per heavy atom. The summed E-state index contributed by atoms with van der Waals surface area (Å²) in [5.41, 5.74) is 0.321. The molecular formula is C13H15BrClNO2. The fourth-order valence-electron chi connectivity index (χ4n) is 2.19. The van der Waals surface area contributed by atoms with Crippen LogP contribution in [0.15, 0.2) is 16.7 Å². The number of ether oxygens (including phenoxy) is 1. The first kappa shape index (κ1) is 13.8. The van der Waals surface area contributed by atoms with E-state index in [1.165, 1.54) is 19.3 Å². The van der Waals surface area contributed by atoms with Crippen molar-refractivity contribution in [2.45, 2.75) is 32.1 Å². The molecule has 1 aromatic heterocycles. The lowest BCUT2D eigenvalue weighted by atomic mass is 9.90. The van der Waals surface area contributed by atoms with Crippen LogP contribution in [0.3, 0.4) is 0 Å². The molecule has 1 aliphatic carbocycles. The Balaban J connectivity index is 1.92. The van der Waals surface area contributed by atoms with Crippen molar-refractivity contribution in [2.75, 3.05) is 6.61 Å². The van der Waals surface area contributed by atoms with E-state index in [-0.39, 0.29) is 11.1 Å². The lowest BCUT2D eigenvalue weighted by molar-refractivity contribution is 0.0410. The number of pyridine rings is 1. The number of aromatic nitrogens is 1. The summed E-state index contributed by atoms with van der Waals surface area (Å²) in [5.74, 6) is 0.112. The van der Waals surface area contributed by atoms with Crippen LogP contribution in [-0.2, 0) is 4.74 Å². The van der Waals surface area contributed by atoms with Crippen molar-refractivity contribution in [1.29, 1.82) is 0 Å². The molecule has 1 aromatic rings. The minimum atomic E-state index is -0.389. The van der Waals surface area contributed by atoms with E-state index in [4.69, 9.17) is 16.3 Å². The third-order valence-corrected chi connectivity index (χ3v) is 3.94. The summed E-state index contributed by atoms with van der Waals surface area (Å²) in [6.07, 6.45) is 7.63. The Bertz CT molecular complexity index is 433. The number of rotatable bonds is 3. The van der Waals surface area contributed by atoms with Crippen molar-refractivity contribution in [2.24, 2.45) is 5.92 Å². The molecule has 0 aliphatic heterocycles. The highest BCUT2D eigenvalue weighted by atomic mass is 79.9. The fourth-order valence-corrected chi connectivity index (χ4v) is 2.70. The van der Waals surface area contributed by atoms with Crippen molar-refractivity contribution in [1.82, 2.24) is 4.98 Å². The van der Waals surface area contributed by atoms with Gasteiger partial charge in [-0.25, -0.2) is 9.78 Å². The first-order valence-electron chi connectivity index (χ1n) is 6.15. The van der Waals surface area contributed by atoms with Gasteiger partial charge in [-0.3, -0.25) is 0 Å². The first-order chi connectivity index (χ1) is 8.66. The van der Waals surface area contributed by atoms with Gasteiger partial charge >= 0.3 is 5.97 Å². The third-order valence-electron chi connectivity index (χ3n) is 3.20. The number of esters is 1. The highest BCUT2D eigenvalue weighted by Gasteiger charge is 2.18. The number of hydrogen-bond donors (Lipinski definition) is 0. The normalized spacial score (nSPS) is 16.6. The summed E-state index contributed by atoms with van der Waals surface area (Å²) >= 11 is 9.14.